The molecule has 96 valence electrons. The van der Waals surface area contributed by atoms with Crippen molar-refractivity contribution in [2.24, 2.45) is 0 Å². The fraction of sp³-hybridized carbons (Fsp3) is 0.538. The minimum absolute atomic E-state index is 0.220. The van der Waals surface area contributed by atoms with Crippen molar-refractivity contribution in [3.05, 3.63) is 29.6 Å². The maximum absolute atomic E-state index is 13.6. The number of anilines is 1. The predicted octanol–water partition coefficient (Wildman–Crippen LogP) is 2.18. The Bertz CT molecular complexity index is 355. The van der Waals surface area contributed by atoms with Gasteiger partial charge in [-0.1, -0.05) is 6.07 Å². The van der Waals surface area contributed by atoms with Gasteiger partial charge < -0.3 is 14.7 Å². The van der Waals surface area contributed by atoms with Crippen molar-refractivity contribution in [1.82, 2.24) is 0 Å². The Labute approximate surface area is 102 Å². The van der Waals surface area contributed by atoms with Crippen LogP contribution in [-0.2, 0) is 11.3 Å². The van der Waals surface area contributed by atoms with Gasteiger partial charge in [-0.3, -0.25) is 0 Å². The second-order valence-electron chi connectivity index (χ2n) is 4.18. The maximum Gasteiger partial charge on any atom is 0.130 e. The molecule has 0 aliphatic carbocycles. The summed E-state index contributed by atoms with van der Waals surface area (Å²) in [5.74, 6) is -0.368. The van der Waals surface area contributed by atoms with E-state index in [4.69, 9.17) is 4.74 Å². The number of aliphatic hydroxyl groups excluding tert-OH is 1. The van der Waals surface area contributed by atoms with E-state index in [0.29, 0.717) is 18.7 Å². The van der Waals surface area contributed by atoms with Gasteiger partial charge in [-0.2, -0.15) is 0 Å². The summed E-state index contributed by atoms with van der Waals surface area (Å²) in [5, 5.41) is 9.26. The van der Waals surface area contributed by atoms with Gasteiger partial charge in [-0.05, 0) is 26.0 Å². The molecule has 0 aromatic heterocycles. The van der Waals surface area contributed by atoms with Crippen molar-refractivity contribution < 1.29 is 14.2 Å². The van der Waals surface area contributed by atoms with Crippen LogP contribution < -0.4 is 4.90 Å². The smallest absolute Gasteiger partial charge is 0.130 e. The molecule has 0 saturated heterocycles. The molecule has 0 aliphatic rings. The minimum Gasteiger partial charge on any atom is -0.391 e. The molecule has 1 aromatic carbocycles. The van der Waals surface area contributed by atoms with Crippen molar-refractivity contribution in [1.29, 1.82) is 0 Å². The Morgan fingerprint density at radius 3 is 2.65 bits per heavy atom. The molecule has 0 radical (unpaired) electrons. The topological polar surface area (TPSA) is 32.7 Å². The second-order valence-corrected chi connectivity index (χ2v) is 4.18. The van der Waals surface area contributed by atoms with Gasteiger partial charge in [0.15, 0.2) is 0 Å². The molecule has 0 aliphatic heterocycles. The molecule has 1 N–H and O–H groups in total. The highest BCUT2D eigenvalue weighted by Gasteiger charge is 2.16. The van der Waals surface area contributed by atoms with Crippen LogP contribution in [0.25, 0.3) is 0 Å². The summed E-state index contributed by atoms with van der Waals surface area (Å²) in [6.07, 6.45) is 0. The number of hydrogen-bond donors (Lipinski definition) is 1. The molecule has 0 saturated carbocycles. The molecule has 4 heteroatoms. The largest absolute Gasteiger partial charge is 0.391 e. The second kappa shape index (κ2) is 6.57. The Hall–Kier alpha value is -1.13. The molecule has 17 heavy (non-hydrogen) atoms. The van der Waals surface area contributed by atoms with Crippen molar-refractivity contribution in [3.63, 3.8) is 0 Å². The first-order valence-corrected chi connectivity index (χ1v) is 5.75. The first kappa shape index (κ1) is 13.9. The minimum atomic E-state index is -0.368. The monoisotopic (exact) mass is 241 g/mol. The molecular weight excluding hydrogens is 221 g/mol. The summed E-state index contributed by atoms with van der Waals surface area (Å²) in [5.41, 5.74) is 1.08. The van der Waals surface area contributed by atoms with Crippen LogP contribution in [0.4, 0.5) is 10.1 Å². The molecule has 0 heterocycles. The Morgan fingerprint density at radius 1 is 1.41 bits per heavy atom. The van der Waals surface area contributed by atoms with Crippen LogP contribution in [-0.4, -0.2) is 31.4 Å². The van der Waals surface area contributed by atoms with Crippen LogP contribution >= 0.6 is 0 Å². The van der Waals surface area contributed by atoms with Crippen LogP contribution in [0, 0.1) is 5.82 Å². The van der Waals surface area contributed by atoms with E-state index in [2.05, 4.69) is 0 Å². The van der Waals surface area contributed by atoms with Gasteiger partial charge in [0.2, 0.25) is 0 Å². The standard InChI is InChI=1S/C13H20FNO2/c1-10(2)15(7-8-17-3)13-6-4-5-12(14)11(13)9-16/h4-6,10,16H,7-9H2,1-3H3. The molecule has 0 spiro atoms. The van der Waals surface area contributed by atoms with Crippen molar-refractivity contribution >= 4 is 5.69 Å². The molecular formula is C13H20FNO2. The predicted molar refractivity (Wildman–Crippen MR) is 66.7 cm³/mol. The highest BCUT2D eigenvalue weighted by atomic mass is 19.1. The van der Waals surface area contributed by atoms with E-state index in [1.54, 1.807) is 13.2 Å². The lowest BCUT2D eigenvalue weighted by molar-refractivity contribution is 0.203. The lowest BCUT2D eigenvalue weighted by Gasteiger charge is -2.30. The molecule has 0 bridgehead atoms. The Balaban J connectivity index is 3.04. The molecule has 0 unspecified atom stereocenters. The Kier molecular flexibility index (Phi) is 5.38. The highest BCUT2D eigenvalue weighted by molar-refractivity contribution is 5.54. The fourth-order valence-electron chi connectivity index (χ4n) is 1.82. The summed E-state index contributed by atoms with van der Waals surface area (Å²) < 4.78 is 18.6. The van der Waals surface area contributed by atoms with Gasteiger partial charge in [0.25, 0.3) is 0 Å². The van der Waals surface area contributed by atoms with Gasteiger partial charge in [-0.15, -0.1) is 0 Å². The van der Waals surface area contributed by atoms with Gasteiger partial charge in [0, 0.05) is 30.9 Å². The summed E-state index contributed by atoms with van der Waals surface area (Å²) >= 11 is 0. The van der Waals surface area contributed by atoms with Crippen molar-refractivity contribution in [3.8, 4) is 0 Å². The fourth-order valence-corrected chi connectivity index (χ4v) is 1.82. The average Bonchev–Trinajstić information content (AvgIpc) is 2.29. The van der Waals surface area contributed by atoms with E-state index in [1.807, 2.05) is 24.8 Å². The number of halogens is 1. The number of rotatable bonds is 6. The van der Waals surface area contributed by atoms with Crippen molar-refractivity contribution in [2.75, 3.05) is 25.2 Å². The van der Waals surface area contributed by atoms with E-state index in [9.17, 15) is 9.50 Å². The number of aliphatic hydroxyl groups is 1. The van der Waals surface area contributed by atoms with E-state index in [0.717, 1.165) is 5.69 Å². The summed E-state index contributed by atoms with van der Waals surface area (Å²) in [6, 6.07) is 5.07. The molecule has 0 amide bonds. The summed E-state index contributed by atoms with van der Waals surface area (Å²) in [4.78, 5) is 2.03. The SMILES string of the molecule is COCCN(c1cccc(F)c1CO)C(C)C. The van der Waals surface area contributed by atoms with Gasteiger partial charge in [0.1, 0.15) is 5.82 Å². The van der Waals surface area contributed by atoms with Crippen LogP contribution in [0.5, 0.6) is 0 Å². The normalized spacial score (nSPS) is 10.9. The lowest BCUT2D eigenvalue weighted by Crippen LogP contribution is -2.34. The molecule has 1 rings (SSSR count). The van der Waals surface area contributed by atoms with E-state index < -0.39 is 0 Å². The number of methoxy groups -OCH3 is 1. The Morgan fingerprint density at radius 2 is 2.12 bits per heavy atom. The average molecular weight is 241 g/mol. The number of nitrogens with zero attached hydrogens (tertiary/aromatic N) is 1. The summed E-state index contributed by atoms with van der Waals surface area (Å²) in [7, 11) is 1.64. The first-order chi connectivity index (χ1) is 8.11. The highest BCUT2D eigenvalue weighted by Crippen LogP contribution is 2.24. The zero-order valence-electron chi connectivity index (χ0n) is 10.6. The maximum atomic E-state index is 13.6. The third-order valence-electron chi connectivity index (χ3n) is 2.72. The number of ether oxygens (including phenoxy) is 1. The zero-order chi connectivity index (χ0) is 12.8. The van der Waals surface area contributed by atoms with E-state index >= 15 is 0 Å². The van der Waals surface area contributed by atoms with Crippen LogP contribution in [0.2, 0.25) is 0 Å². The summed E-state index contributed by atoms with van der Waals surface area (Å²) in [6.45, 7) is 5.01. The van der Waals surface area contributed by atoms with Gasteiger partial charge in [0.05, 0.1) is 13.2 Å². The number of benzene rings is 1. The lowest BCUT2D eigenvalue weighted by atomic mass is 10.1. The zero-order valence-corrected chi connectivity index (χ0v) is 10.6. The van der Waals surface area contributed by atoms with Crippen LogP contribution in [0.15, 0.2) is 18.2 Å². The molecule has 0 fully saturated rings. The quantitative estimate of drug-likeness (QED) is 0.828. The third kappa shape index (κ3) is 3.41. The van der Waals surface area contributed by atoms with Gasteiger partial charge in [-0.25, -0.2) is 4.39 Å². The molecule has 3 nitrogen and oxygen atoms in total. The third-order valence-corrected chi connectivity index (χ3v) is 2.72. The number of hydrogen-bond acceptors (Lipinski definition) is 3. The first-order valence-electron chi connectivity index (χ1n) is 5.75. The molecule has 0 atom stereocenters. The van der Waals surface area contributed by atoms with E-state index in [-0.39, 0.29) is 18.5 Å². The van der Waals surface area contributed by atoms with E-state index in [1.165, 1.54) is 6.07 Å². The molecule has 1 aromatic rings. The van der Waals surface area contributed by atoms with Crippen molar-refractivity contribution in [2.45, 2.75) is 26.5 Å². The van der Waals surface area contributed by atoms with Crippen LogP contribution in [0.3, 0.4) is 0 Å². The van der Waals surface area contributed by atoms with Crippen LogP contribution in [0.1, 0.15) is 19.4 Å². The van der Waals surface area contributed by atoms with Gasteiger partial charge >= 0.3 is 0 Å².